The second-order valence-corrected chi connectivity index (χ2v) is 6.57. The third-order valence-corrected chi connectivity index (χ3v) is 4.04. The monoisotopic (exact) mass is 422 g/mol. The second-order valence-electron chi connectivity index (χ2n) is 6.57. The van der Waals surface area contributed by atoms with Gasteiger partial charge in [0.15, 0.2) is 0 Å². The van der Waals surface area contributed by atoms with Crippen molar-refractivity contribution in [1.82, 2.24) is 10.6 Å². The number of unbranched alkanes of at least 4 members (excludes halogenated alkanes) is 1. The lowest BCUT2D eigenvalue weighted by Crippen LogP contribution is -2.43. The minimum atomic E-state index is -1.57. The van der Waals surface area contributed by atoms with Gasteiger partial charge in [0.2, 0.25) is 11.8 Å². The number of benzene rings is 1. The summed E-state index contributed by atoms with van der Waals surface area (Å²) in [5, 5.41) is 25.0. The Morgan fingerprint density at radius 2 is 1.60 bits per heavy atom. The van der Waals surface area contributed by atoms with Crippen molar-refractivity contribution in [3.05, 3.63) is 29.8 Å². The van der Waals surface area contributed by atoms with E-state index in [-0.39, 0.29) is 11.5 Å². The van der Waals surface area contributed by atoms with E-state index in [0.29, 0.717) is 31.5 Å². The van der Waals surface area contributed by atoms with E-state index in [0.717, 1.165) is 0 Å². The van der Waals surface area contributed by atoms with E-state index >= 15 is 0 Å². The van der Waals surface area contributed by atoms with E-state index in [1.807, 2.05) is 0 Å². The molecule has 11 heteroatoms. The van der Waals surface area contributed by atoms with Crippen molar-refractivity contribution in [2.75, 3.05) is 11.9 Å². The number of carboxylic acids is 2. The first-order chi connectivity index (χ1) is 14.1. The average molecular weight is 422 g/mol. The lowest BCUT2D eigenvalue weighted by Gasteiger charge is -2.17. The van der Waals surface area contributed by atoms with Gasteiger partial charge in [0, 0.05) is 18.2 Å². The van der Waals surface area contributed by atoms with Crippen LogP contribution < -0.4 is 21.7 Å². The predicted molar refractivity (Wildman–Crippen MR) is 107 cm³/mol. The number of carbonyl (C=O) groups is 5. The zero-order valence-electron chi connectivity index (χ0n) is 16.5. The van der Waals surface area contributed by atoms with Crippen LogP contribution >= 0.6 is 0 Å². The van der Waals surface area contributed by atoms with Gasteiger partial charge >= 0.3 is 11.9 Å². The minimum Gasteiger partial charge on any atom is -0.481 e. The van der Waals surface area contributed by atoms with Crippen molar-refractivity contribution in [2.24, 2.45) is 5.73 Å². The Morgan fingerprint density at radius 3 is 2.10 bits per heavy atom. The van der Waals surface area contributed by atoms with Crippen LogP contribution in [-0.2, 0) is 19.2 Å². The molecule has 0 bridgehead atoms. The van der Waals surface area contributed by atoms with E-state index < -0.39 is 42.3 Å². The summed E-state index contributed by atoms with van der Waals surface area (Å²) in [4.78, 5) is 57.6. The molecule has 1 rings (SSSR count). The Hall–Kier alpha value is -3.47. The number of nitrogens with one attached hydrogen (secondary N) is 3. The molecule has 0 heterocycles. The van der Waals surface area contributed by atoms with E-state index in [4.69, 9.17) is 15.9 Å². The van der Waals surface area contributed by atoms with Crippen LogP contribution in [0.15, 0.2) is 24.3 Å². The zero-order chi connectivity index (χ0) is 22.7. The lowest BCUT2D eigenvalue weighted by molar-refractivity contribution is -0.145. The first-order valence-electron chi connectivity index (χ1n) is 9.27. The molecular formula is C19H26N4O7. The Kier molecular flexibility index (Phi) is 9.97. The van der Waals surface area contributed by atoms with Crippen LogP contribution in [0.4, 0.5) is 5.69 Å². The van der Waals surface area contributed by atoms with Gasteiger partial charge in [-0.15, -0.1) is 0 Å². The third-order valence-electron chi connectivity index (χ3n) is 4.04. The number of carbonyl (C=O) groups excluding carboxylic acids is 3. The molecule has 0 aliphatic carbocycles. The molecule has 30 heavy (non-hydrogen) atoms. The molecule has 0 unspecified atom stereocenters. The van der Waals surface area contributed by atoms with Crippen molar-refractivity contribution in [1.29, 1.82) is 0 Å². The molecule has 0 spiro atoms. The van der Waals surface area contributed by atoms with Crippen LogP contribution in [0.2, 0.25) is 0 Å². The lowest BCUT2D eigenvalue weighted by atomic mass is 10.1. The molecule has 164 valence electrons. The summed E-state index contributed by atoms with van der Waals surface area (Å²) in [6.07, 6.45) is 1.04. The highest BCUT2D eigenvalue weighted by atomic mass is 16.4. The summed E-state index contributed by atoms with van der Waals surface area (Å²) in [5.74, 6) is -4.36. The van der Waals surface area contributed by atoms with Crippen LogP contribution in [0.5, 0.6) is 0 Å². The van der Waals surface area contributed by atoms with Crippen molar-refractivity contribution < 1.29 is 34.2 Å². The summed E-state index contributed by atoms with van der Waals surface area (Å²) in [7, 11) is 0. The number of hydrogen-bond donors (Lipinski definition) is 6. The Balaban J connectivity index is 2.76. The molecule has 0 saturated carbocycles. The zero-order valence-corrected chi connectivity index (χ0v) is 16.5. The minimum absolute atomic E-state index is 0.0889. The molecular weight excluding hydrogens is 396 g/mol. The van der Waals surface area contributed by atoms with Gasteiger partial charge in [-0.3, -0.25) is 19.2 Å². The SMILES string of the molecule is CC(=O)N[C@H](CCCCN)C(=O)Nc1ccc(C(=O)N[C@@H](CC(=O)O)C(=O)O)cc1. The molecule has 0 aliphatic rings. The van der Waals surface area contributed by atoms with Crippen molar-refractivity contribution in [3.63, 3.8) is 0 Å². The summed E-state index contributed by atoms with van der Waals surface area (Å²) in [5.41, 5.74) is 5.90. The fourth-order valence-electron chi connectivity index (χ4n) is 2.56. The van der Waals surface area contributed by atoms with Crippen molar-refractivity contribution in [3.8, 4) is 0 Å². The van der Waals surface area contributed by atoms with Gasteiger partial charge in [0.25, 0.3) is 5.91 Å². The second kappa shape index (κ2) is 12.2. The fourth-order valence-corrected chi connectivity index (χ4v) is 2.56. The predicted octanol–water partition coefficient (Wildman–Crippen LogP) is -0.0835. The van der Waals surface area contributed by atoms with E-state index in [1.165, 1.54) is 31.2 Å². The molecule has 2 atom stereocenters. The maximum Gasteiger partial charge on any atom is 0.326 e. The smallest absolute Gasteiger partial charge is 0.326 e. The van der Waals surface area contributed by atoms with Gasteiger partial charge in [-0.1, -0.05) is 0 Å². The summed E-state index contributed by atoms with van der Waals surface area (Å²) < 4.78 is 0. The Labute approximate surface area is 173 Å². The normalized spacial score (nSPS) is 12.3. The van der Waals surface area contributed by atoms with Crippen LogP contribution in [0.3, 0.4) is 0 Å². The topological polar surface area (TPSA) is 188 Å². The number of rotatable bonds is 12. The van der Waals surface area contributed by atoms with Crippen LogP contribution in [0, 0.1) is 0 Å². The first-order valence-corrected chi connectivity index (χ1v) is 9.27. The summed E-state index contributed by atoms with van der Waals surface area (Å²) in [6, 6.07) is 3.28. The Bertz CT molecular complexity index is 780. The number of carboxylic acid groups (broad SMARTS) is 2. The largest absolute Gasteiger partial charge is 0.481 e. The quantitative estimate of drug-likeness (QED) is 0.252. The number of amides is 3. The molecule has 0 saturated heterocycles. The first kappa shape index (κ1) is 24.6. The van der Waals surface area contributed by atoms with Gasteiger partial charge < -0.3 is 31.9 Å². The molecule has 11 nitrogen and oxygen atoms in total. The molecule has 0 aliphatic heterocycles. The van der Waals surface area contributed by atoms with E-state index in [9.17, 15) is 24.0 Å². The highest BCUT2D eigenvalue weighted by Crippen LogP contribution is 2.12. The molecule has 0 aromatic heterocycles. The molecule has 1 aromatic carbocycles. The number of aliphatic carboxylic acids is 2. The summed E-state index contributed by atoms with van der Waals surface area (Å²) in [6.45, 7) is 1.79. The van der Waals surface area contributed by atoms with Gasteiger partial charge in [0.1, 0.15) is 12.1 Å². The van der Waals surface area contributed by atoms with Gasteiger partial charge in [-0.05, 0) is 50.1 Å². The van der Waals surface area contributed by atoms with Gasteiger partial charge in [-0.25, -0.2) is 4.79 Å². The molecule has 3 amide bonds. The van der Waals surface area contributed by atoms with Crippen molar-refractivity contribution in [2.45, 2.75) is 44.7 Å². The number of anilines is 1. The van der Waals surface area contributed by atoms with Crippen LogP contribution in [-0.4, -0.2) is 58.5 Å². The van der Waals surface area contributed by atoms with E-state index in [1.54, 1.807) is 0 Å². The number of hydrogen-bond acceptors (Lipinski definition) is 6. The summed E-state index contributed by atoms with van der Waals surface area (Å²) >= 11 is 0. The van der Waals surface area contributed by atoms with Gasteiger partial charge in [-0.2, -0.15) is 0 Å². The Morgan fingerprint density at radius 1 is 0.967 bits per heavy atom. The highest BCUT2D eigenvalue weighted by Gasteiger charge is 2.24. The third kappa shape index (κ3) is 8.69. The maximum atomic E-state index is 12.4. The molecule has 1 aromatic rings. The highest BCUT2D eigenvalue weighted by molar-refractivity contribution is 5.99. The average Bonchev–Trinajstić information content (AvgIpc) is 2.66. The van der Waals surface area contributed by atoms with E-state index in [2.05, 4.69) is 16.0 Å². The molecule has 0 radical (unpaired) electrons. The van der Waals surface area contributed by atoms with Gasteiger partial charge in [0.05, 0.1) is 6.42 Å². The van der Waals surface area contributed by atoms with Crippen LogP contribution in [0.25, 0.3) is 0 Å². The maximum absolute atomic E-state index is 12.4. The van der Waals surface area contributed by atoms with Crippen molar-refractivity contribution >= 4 is 35.3 Å². The van der Waals surface area contributed by atoms with Crippen LogP contribution in [0.1, 0.15) is 43.0 Å². The fraction of sp³-hybridized carbons (Fsp3) is 0.421. The molecule has 0 fully saturated rings. The standard InChI is InChI=1S/C19H26N4O7/c1-11(24)21-14(4-2-3-9-20)18(28)22-13-7-5-12(6-8-13)17(27)23-15(19(29)30)10-16(25)26/h5-8,14-15H,2-4,9-10,20H2,1H3,(H,21,24)(H,22,28)(H,23,27)(H,25,26)(H,29,30)/t14-,15+/m1/s1. The molecule has 7 N–H and O–H groups in total. The number of nitrogens with two attached hydrogens (primary N) is 1.